The number of nitrogens with zero attached hydrogens (tertiary/aromatic N) is 2. The van der Waals surface area contributed by atoms with Crippen LogP contribution in [0, 0.1) is 11.8 Å². The molecule has 1 fully saturated rings. The van der Waals surface area contributed by atoms with Crippen LogP contribution in [-0.4, -0.2) is 28.5 Å². The molecule has 5 heteroatoms. The van der Waals surface area contributed by atoms with Crippen LogP contribution in [0.5, 0.6) is 0 Å². The van der Waals surface area contributed by atoms with Crippen molar-refractivity contribution in [2.45, 2.75) is 25.7 Å². The number of nitrogens with one attached hydrogen (secondary N) is 1. The molecule has 2 atom stereocenters. The molecule has 18 heavy (non-hydrogen) atoms. The summed E-state index contributed by atoms with van der Waals surface area (Å²) in [6.45, 7) is 1.45. The summed E-state index contributed by atoms with van der Waals surface area (Å²) >= 11 is 0. The molecular weight excluding hydrogens is 228 g/mol. The fourth-order valence-electron chi connectivity index (χ4n) is 2.71. The molecule has 1 amide bonds. The first-order valence-corrected chi connectivity index (χ1v) is 6.67. The van der Waals surface area contributed by atoms with Crippen LogP contribution in [0.2, 0.25) is 0 Å². The molecule has 5 nitrogen and oxygen atoms in total. The Bertz CT molecular complexity index is 401. The molecule has 2 unspecified atom stereocenters. The van der Waals surface area contributed by atoms with Crippen LogP contribution < -0.4 is 11.1 Å². The Labute approximate surface area is 108 Å². The summed E-state index contributed by atoms with van der Waals surface area (Å²) in [6, 6.07) is 0. The predicted octanol–water partition coefficient (Wildman–Crippen LogP) is 0.915. The van der Waals surface area contributed by atoms with E-state index < -0.39 is 0 Å². The molecule has 2 rings (SSSR count). The van der Waals surface area contributed by atoms with Gasteiger partial charge in [-0.2, -0.15) is 0 Å². The third-order valence-electron chi connectivity index (χ3n) is 3.83. The van der Waals surface area contributed by atoms with Crippen molar-refractivity contribution in [2.75, 3.05) is 13.1 Å². The minimum atomic E-state index is -0.0862. The second-order valence-electron chi connectivity index (χ2n) is 5.17. The average Bonchev–Trinajstić information content (AvgIpc) is 2.83. The van der Waals surface area contributed by atoms with E-state index in [1.54, 1.807) is 17.1 Å². The van der Waals surface area contributed by atoms with Gasteiger partial charge in [0.2, 0.25) is 0 Å². The van der Waals surface area contributed by atoms with Gasteiger partial charge in [0, 0.05) is 19.8 Å². The number of carbonyl (C=O) groups is 1. The van der Waals surface area contributed by atoms with Crippen LogP contribution >= 0.6 is 0 Å². The summed E-state index contributed by atoms with van der Waals surface area (Å²) in [5, 5.41) is 2.98. The number of imidazole rings is 1. The van der Waals surface area contributed by atoms with Crippen LogP contribution in [0.1, 0.15) is 36.2 Å². The monoisotopic (exact) mass is 250 g/mol. The molecular formula is C13H22N4O. The molecule has 1 aliphatic carbocycles. The van der Waals surface area contributed by atoms with Crippen molar-refractivity contribution in [1.29, 1.82) is 0 Å². The molecule has 0 spiro atoms. The quantitative estimate of drug-likeness (QED) is 0.834. The van der Waals surface area contributed by atoms with Gasteiger partial charge in [0.05, 0.1) is 6.33 Å². The standard InChI is InChI=1S/C13H22N4O/c1-17-8-12(16-9-17)13(18)15-7-11-5-3-2-4-10(11)6-14/h8-11H,2-7,14H2,1H3,(H,15,18). The van der Waals surface area contributed by atoms with Gasteiger partial charge in [0.25, 0.3) is 5.91 Å². The summed E-state index contributed by atoms with van der Waals surface area (Å²) in [5.74, 6) is 0.996. The second kappa shape index (κ2) is 6.00. The molecule has 1 heterocycles. The summed E-state index contributed by atoms with van der Waals surface area (Å²) < 4.78 is 1.78. The number of aromatic nitrogens is 2. The number of hydrogen-bond acceptors (Lipinski definition) is 3. The summed E-state index contributed by atoms with van der Waals surface area (Å²) in [5.41, 5.74) is 6.27. The van der Waals surface area contributed by atoms with Crippen molar-refractivity contribution >= 4 is 5.91 Å². The van der Waals surface area contributed by atoms with Gasteiger partial charge in [0.1, 0.15) is 5.69 Å². The normalized spacial score (nSPS) is 23.9. The molecule has 0 aromatic carbocycles. The summed E-state index contributed by atoms with van der Waals surface area (Å²) in [4.78, 5) is 15.9. The summed E-state index contributed by atoms with van der Waals surface area (Å²) in [7, 11) is 1.86. The van der Waals surface area contributed by atoms with Crippen LogP contribution in [0.3, 0.4) is 0 Å². The minimum absolute atomic E-state index is 0.0862. The van der Waals surface area contributed by atoms with Gasteiger partial charge in [-0.05, 0) is 31.2 Å². The molecule has 1 aromatic rings. The number of aryl methyl sites for hydroxylation is 1. The van der Waals surface area contributed by atoms with Gasteiger partial charge < -0.3 is 15.6 Å². The van der Waals surface area contributed by atoms with E-state index in [1.165, 1.54) is 25.7 Å². The largest absolute Gasteiger partial charge is 0.350 e. The molecule has 1 aromatic heterocycles. The van der Waals surface area contributed by atoms with Crippen molar-refractivity contribution in [2.24, 2.45) is 24.6 Å². The first kappa shape index (κ1) is 13.1. The molecule has 0 radical (unpaired) electrons. The number of carbonyl (C=O) groups excluding carboxylic acids is 1. The maximum absolute atomic E-state index is 11.9. The lowest BCUT2D eigenvalue weighted by molar-refractivity contribution is 0.0930. The van der Waals surface area contributed by atoms with E-state index in [-0.39, 0.29) is 5.91 Å². The first-order chi connectivity index (χ1) is 8.70. The van der Waals surface area contributed by atoms with Gasteiger partial charge in [-0.15, -0.1) is 0 Å². The van der Waals surface area contributed by atoms with E-state index in [0.717, 1.165) is 13.1 Å². The fourth-order valence-corrected chi connectivity index (χ4v) is 2.71. The molecule has 0 aliphatic heterocycles. The third-order valence-corrected chi connectivity index (χ3v) is 3.83. The van der Waals surface area contributed by atoms with Crippen LogP contribution in [0.15, 0.2) is 12.5 Å². The number of nitrogens with two attached hydrogens (primary N) is 1. The lowest BCUT2D eigenvalue weighted by atomic mass is 9.79. The van der Waals surface area contributed by atoms with Gasteiger partial charge >= 0.3 is 0 Å². The number of amides is 1. The Morgan fingerprint density at radius 1 is 1.50 bits per heavy atom. The molecule has 0 saturated heterocycles. The van der Waals surface area contributed by atoms with Crippen LogP contribution in [-0.2, 0) is 7.05 Å². The van der Waals surface area contributed by atoms with E-state index >= 15 is 0 Å². The maximum atomic E-state index is 11.9. The van der Waals surface area contributed by atoms with E-state index in [2.05, 4.69) is 10.3 Å². The zero-order valence-corrected chi connectivity index (χ0v) is 10.9. The minimum Gasteiger partial charge on any atom is -0.350 e. The highest BCUT2D eigenvalue weighted by Crippen LogP contribution is 2.28. The lowest BCUT2D eigenvalue weighted by Gasteiger charge is -2.30. The van der Waals surface area contributed by atoms with Crippen molar-refractivity contribution in [3.63, 3.8) is 0 Å². The molecule has 3 N–H and O–H groups in total. The smallest absolute Gasteiger partial charge is 0.271 e. The molecule has 100 valence electrons. The maximum Gasteiger partial charge on any atom is 0.271 e. The number of hydrogen-bond donors (Lipinski definition) is 2. The number of rotatable bonds is 4. The Morgan fingerprint density at radius 2 is 2.22 bits per heavy atom. The Hall–Kier alpha value is -1.36. The van der Waals surface area contributed by atoms with Crippen molar-refractivity contribution in [1.82, 2.24) is 14.9 Å². The Kier molecular flexibility index (Phi) is 4.36. The van der Waals surface area contributed by atoms with E-state index in [1.807, 2.05) is 7.05 Å². The van der Waals surface area contributed by atoms with Crippen LogP contribution in [0.4, 0.5) is 0 Å². The highest BCUT2D eigenvalue weighted by atomic mass is 16.1. The third kappa shape index (κ3) is 3.10. The second-order valence-corrected chi connectivity index (χ2v) is 5.17. The van der Waals surface area contributed by atoms with Gasteiger partial charge in [-0.1, -0.05) is 12.8 Å². The topological polar surface area (TPSA) is 72.9 Å². The molecule has 1 aliphatic rings. The van der Waals surface area contributed by atoms with Crippen molar-refractivity contribution in [3.8, 4) is 0 Å². The van der Waals surface area contributed by atoms with Gasteiger partial charge in [0.15, 0.2) is 0 Å². The molecule has 0 bridgehead atoms. The fraction of sp³-hybridized carbons (Fsp3) is 0.692. The average molecular weight is 250 g/mol. The summed E-state index contributed by atoms with van der Waals surface area (Å²) in [6.07, 6.45) is 8.26. The highest BCUT2D eigenvalue weighted by molar-refractivity contribution is 5.91. The highest BCUT2D eigenvalue weighted by Gasteiger charge is 2.24. The first-order valence-electron chi connectivity index (χ1n) is 6.67. The van der Waals surface area contributed by atoms with E-state index in [9.17, 15) is 4.79 Å². The van der Waals surface area contributed by atoms with E-state index in [0.29, 0.717) is 17.5 Å². The Morgan fingerprint density at radius 3 is 2.83 bits per heavy atom. The van der Waals surface area contributed by atoms with Crippen molar-refractivity contribution < 1.29 is 4.79 Å². The molecule has 1 saturated carbocycles. The Balaban J connectivity index is 1.85. The van der Waals surface area contributed by atoms with Gasteiger partial charge in [-0.3, -0.25) is 4.79 Å². The van der Waals surface area contributed by atoms with Crippen molar-refractivity contribution in [3.05, 3.63) is 18.2 Å². The van der Waals surface area contributed by atoms with E-state index in [4.69, 9.17) is 5.73 Å². The zero-order chi connectivity index (χ0) is 13.0. The van der Waals surface area contributed by atoms with Crippen LogP contribution in [0.25, 0.3) is 0 Å². The van der Waals surface area contributed by atoms with Gasteiger partial charge in [-0.25, -0.2) is 4.98 Å². The SMILES string of the molecule is Cn1cnc(C(=O)NCC2CCCCC2CN)c1. The predicted molar refractivity (Wildman–Crippen MR) is 70.0 cm³/mol. The zero-order valence-electron chi connectivity index (χ0n) is 10.9. The lowest BCUT2D eigenvalue weighted by Crippen LogP contribution is -2.37.